The molecule has 1 unspecified atom stereocenters. The van der Waals surface area contributed by atoms with E-state index in [1.165, 1.54) is 0 Å². The Kier molecular flexibility index (Phi) is 7.39. The molecular weight excluding hydrogens is 200 g/mol. The number of hydrogen-bond acceptors (Lipinski definition) is 2. The lowest BCUT2D eigenvalue weighted by Gasteiger charge is -2.21. The molecule has 0 aliphatic carbocycles. The molecule has 0 spiro atoms. The van der Waals surface area contributed by atoms with Crippen LogP contribution in [0.3, 0.4) is 0 Å². The Morgan fingerprint density at radius 1 is 1.19 bits per heavy atom. The average Bonchev–Trinajstić information content (AvgIpc) is 2.15. The van der Waals surface area contributed by atoms with Crippen molar-refractivity contribution >= 4 is 5.91 Å². The minimum atomic E-state index is 0.136. The van der Waals surface area contributed by atoms with E-state index in [4.69, 9.17) is 5.73 Å². The normalized spacial score (nSPS) is 15.2. The summed E-state index contributed by atoms with van der Waals surface area (Å²) in [6.07, 6.45) is 1.59. The predicted molar refractivity (Wildman–Crippen MR) is 69.1 cm³/mol. The minimum absolute atomic E-state index is 0.136. The molecule has 1 amide bonds. The second-order valence-electron chi connectivity index (χ2n) is 5.54. The molecule has 0 aromatic carbocycles. The van der Waals surface area contributed by atoms with Crippen LogP contribution >= 0.6 is 0 Å². The molecule has 3 nitrogen and oxygen atoms in total. The van der Waals surface area contributed by atoms with Crippen LogP contribution < -0.4 is 11.1 Å². The minimum Gasteiger partial charge on any atom is -0.353 e. The molecule has 0 saturated heterocycles. The molecule has 96 valence electrons. The highest BCUT2D eigenvalue weighted by Gasteiger charge is 2.16. The first-order valence-corrected chi connectivity index (χ1v) is 6.36. The lowest BCUT2D eigenvalue weighted by molar-refractivity contribution is -0.122. The third-order valence-electron chi connectivity index (χ3n) is 3.00. The topological polar surface area (TPSA) is 55.1 Å². The second-order valence-corrected chi connectivity index (χ2v) is 5.54. The molecule has 3 N–H and O–H groups in total. The average molecular weight is 228 g/mol. The molecule has 0 fully saturated rings. The summed E-state index contributed by atoms with van der Waals surface area (Å²) in [6, 6.07) is 0.241. The summed E-state index contributed by atoms with van der Waals surface area (Å²) in [4.78, 5) is 11.7. The standard InChI is InChI=1S/C13H28N2O/c1-9(2)6-12(8-14)7-13(16)15-11(5)10(3)4/h9-12H,6-8,14H2,1-5H3,(H,15,16)/t11?,12-/m0/s1. The van der Waals surface area contributed by atoms with Crippen LogP contribution in [-0.2, 0) is 4.79 Å². The summed E-state index contributed by atoms with van der Waals surface area (Å²) in [5.41, 5.74) is 5.68. The van der Waals surface area contributed by atoms with Gasteiger partial charge >= 0.3 is 0 Å². The number of carbonyl (C=O) groups is 1. The van der Waals surface area contributed by atoms with E-state index in [9.17, 15) is 4.79 Å². The van der Waals surface area contributed by atoms with Gasteiger partial charge in [0.2, 0.25) is 5.91 Å². The van der Waals surface area contributed by atoms with Gasteiger partial charge in [-0.25, -0.2) is 0 Å². The van der Waals surface area contributed by atoms with E-state index >= 15 is 0 Å². The smallest absolute Gasteiger partial charge is 0.220 e. The quantitative estimate of drug-likeness (QED) is 0.701. The first-order valence-electron chi connectivity index (χ1n) is 6.36. The van der Waals surface area contributed by atoms with Crippen LogP contribution in [0.5, 0.6) is 0 Å². The van der Waals surface area contributed by atoms with Crippen molar-refractivity contribution in [2.24, 2.45) is 23.5 Å². The van der Waals surface area contributed by atoms with Gasteiger partial charge in [-0.2, -0.15) is 0 Å². The van der Waals surface area contributed by atoms with E-state index in [1.807, 2.05) is 6.92 Å². The van der Waals surface area contributed by atoms with Gasteiger partial charge in [0.05, 0.1) is 0 Å². The van der Waals surface area contributed by atoms with Crippen LogP contribution in [0.2, 0.25) is 0 Å². The summed E-state index contributed by atoms with van der Waals surface area (Å²) in [6.45, 7) is 11.2. The molecule has 3 heteroatoms. The Balaban J connectivity index is 4.01. The largest absolute Gasteiger partial charge is 0.353 e. The lowest BCUT2D eigenvalue weighted by Crippen LogP contribution is -2.37. The van der Waals surface area contributed by atoms with Crippen LogP contribution in [-0.4, -0.2) is 18.5 Å². The van der Waals surface area contributed by atoms with Gasteiger partial charge in [-0.15, -0.1) is 0 Å². The molecule has 0 aromatic rings. The van der Waals surface area contributed by atoms with Crippen molar-refractivity contribution in [3.8, 4) is 0 Å². The summed E-state index contributed by atoms with van der Waals surface area (Å²) < 4.78 is 0. The number of hydrogen-bond donors (Lipinski definition) is 2. The fourth-order valence-corrected chi connectivity index (χ4v) is 1.67. The number of rotatable bonds is 7. The Morgan fingerprint density at radius 3 is 2.12 bits per heavy atom. The number of nitrogens with one attached hydrogen (secondary N) is 1. The third-order valence-corrected chi connectivity index (χ3v) is 3.00. The van der Waals surface area contributed by atoms with E-state index in [0.717, 1.165) is 6.42 Å². The molecule has 0 heterocycles. The zero-order valence-corrected chi connectivity index (χ0v) is 11.4. The highest BCUT2D eigenvalue weighted by molar-refractivity contribution is 5.76. The van der Waals surface area contributed by atoms with Crippen molar-refractivity contribution in [2.45, 2.75) is 53.5 Å². The van der Waals surface area contributed by atoms with E-state index in [0.29, 0.717) is 30.7 Å². The SMILES string of the molecule is CC(C)C[C@H](CN)CC(=O)NC(C)C(C)C. The second kappa shape index (κ2) is 7.66. The maximum Gasteiger partial charge on any atom is 0.220 e. The van der Waals surface area contributed by atoms with E-state index in [2.05, 4.69) is 33.0 Å². The van der Waals surface area contributed by atoms with Gasteiger partial charge in [0.25, 0.3) is 0 Å². The molecule has 16 heavy (non-hydrogen) atoms. The van der Waals surface area contributed by atoms with Crippen molar-refractivity contribution in [3.63, 3.8) is 0 Å². The third kappa shape index (κ3) is 6.83. The number of carbonyl (C=O) groups excluding carboxylic acids is 1. The monoisotopic (exact) mass is 228 g/mol. The number of nitrogens with two attached hydrogens (primary N) is 1. The summed E-state index contributed by atoms with van der Waals surface area (Å²) in [5, 5.41) is 3.02. The van der Waals surface area contributed by atoms with Gasteiger partial charge in [0.15, 0.2) is 0 Å². The fraction of sp³-hybridized carbons (Fsp3) is 0.923. The molecule has 0 radical (unpaired) electrons. The Hall–Kier alpha value is -0.570. The first kappa shape index (κ1) is 15.4. The first-order chi connectivity index (χ1) is 7.36. The van der Waals surface area contributed by atoms with Gasteiger partial charge in [0.1, 0.15) is 0 Å². The molecule has 2 atom stereocenters. The lowest BCUT2D eigenvalue weighted by atomic mass is 9.93. The van der Waals surface area contributed by atoms with E-state index < -0.39 is 0 Å². The van der Waals surface area contributed by atoms with Crippen molar-refractivity contribution in [3.05, 3.63) is 0 Å². The molecular formula is C13H28N2O. The van der Waals surface area contributed by atoms with Gasteiger partial charge < -0.3 is 11.1 Å². The fourth-order valence-electron chi connectivity index (χ4n) is 1.67. The molecule has 0 bridgehead atoms. The van der Waals surface area contributed by atoms with Crippen LogP contribution in [0.4, 0.5) is 0 Å². The predicted octanol–water partition coefficient (Wildman–Crippen LogP) is 2.16. The Bertz CT molecular complexity index is 202. The molecule has 0 saturated carbocycles. The maximum absolute atomic E-state index is 11.7. The Labute approximate surface area is 100 Å². The van der Waals surface area contributed by atoms with Crippen molar-refractivity contribution in [2.75, 3.05) is 6.54 Å². The highest BCUT2D eigenvalue weighted by atomic mass is 16.1. The van der Waals surface area contributed by atoms with E-state index in [1.54, 1.807) is 0 Å². The summed E-state index contributed by atoms with van der Waals surface area (Å²) in [7, 11) is 0. The Morgan fingerprint density at radius 2 is 1.75 bits per heavy atom. The zero-order chi connectivity index (χ0) is 12.7. The van der Waals surface area contributed by atoms with Crippen LogP contribution in [0.25, 0.3) is 0 Å². The summed E-state index contributed by atoms with van der Waals surface area (Å²) >= 11 is 0. The molecule has 0 aromatic heterocycles. The van der Waals surface area contributed by atoms with Gasteiger partial charge in [-0.1, -0.05) is 27.7 Å². The van der Waals surface area contributed by atoms with Gasteiger partial charge in [-0.3, -0.25) is 4.79 Å². The van der Waals surface area contributed by atoms with Crippen LogP contribution in [0.1, 0.15) is 47.5 Å². The zero-order valence-electron chi connectivity index (χ0n) is 11.4. The van der Waals surface area contributed by atoms with E-state index in [-0.39, 0.29) is 11.9 Å². The molecule has 0 aliphatic heterocycles. The van der Waals surface area contributed by atoms with Crippen LogP contribution in [0, 0.1) is 17.8 Å². The molecule has 0 aliphatic rings. The van der Waals surface area contributed by atoms with Crippen molar-refractivity contribution in [1.82, 2.24) is 5.32 Å². The summed E-state index contributed by atoms with van der Waals surface area (Å²) in [5.74, 6) is 1.53. The van der Waals surface area contributed by atoms with Gasteiger partial charge in [0, 0.05) is 12.5 Å². The highest BCUT2D eigenvalue weighted by Crippen LogP contribution is 2.14. The van der Waals surface area contributed by atoms with Crippen LogP contribution in [0.15, 0.2) is 0 Å². The molecule has 0 rings (SSSR count). The van der Waals surface area contributed by atoms with Crippen molar-refractivity contribution in [1.29, 1.82) is 0 Å². The van der Waals surface area contributed by atoms with Gasteiger partial charge in [-0.05, 0) is 37.6 Å². The number of amides is 1. The van der Waals surface area contributed by atoms with Crippen molar-refractivity contribution < 1.29 is 4.79 Å². The maximum atomic E-state index is 11.7.